The van der Waals surface area contributed by atoms with E-state index in [4.69, 9.17) is 4.74 Å². The van der Waals surface area contributed by atoms with Gasteiger partial charge in [-0.2, -0.15) is 0 Å². The third kappa shape index (κ3) is 1.61. The highest BCUT2D eigenvalue weighted by atomic mass is 16.5. The van der Waals surface area contributed by atoms with Gasteiger partial charge in [-0.15, -0.1) is 0 Å². The molecular formula is C17H20O5. The first-order chi connectivity index (χ1) is 10.5. The molecule has 0 aliphatic heterocycles. The number of aliphatic hydroxyl groups is 2. The Bertz CT molecular complexity index is 598. The van der Waals surface area contributed by atoms with Gasteiger partial charge in [0, 0.05) is 18.4 Å². The molecule has 5 nitrogen and oxygen atoms in total. The number of fused-ring (bicyclic) bond motifs is 1. The Kier molecular flexibility index (Phi) is 3.57. The van der Waals surface area contributed by atoms with Gasteiger partial charge < -0.3 is 14.9 Å². The van der Waals surface area contributed by atoms with Crippen LogP contribution in [0.5, 0.6) is 0 Å². The average molecular weight is 304 g/mol. The van der Waals surface area contributed by atoms with E-state index < -0.39 is 22.9 Å². The van der Waals surface area contributed by atoms with Gasteiger partial charge in [0.25, 0.3) is 0 Å². The van der Waals surface area contributed by atoms with Crippen molar-refractivity contribution in [3.63, 3.8) is 0 Å². The van der Waals surface area contributed by atoms with E-state index in [1.54, 1.807) is 24.3 Å². The van der Waals surface area contributed by atoms with E-state index >= 15 is 0 Å². The molecule has 0 unspecified atom stereocenters. The van der Waals surface area contributed by atoms with Gasteiger partial charge in [0.15, 0.2) is 5.78 Å². The van der Waals surface area contributed by atoms with Crippen LogP contribution in [0, 0.1) is 16.7 Å². The van der Waals surface area contributed by atoms with E-state index in [2.05, 4.69) is 0 Å². The lowest BCUT2D eigenvalue weighted by molar-refractivity contribution is -0.218. The number of hydrogen-bond donors (Lipinski definition) is 2. The highest BCUT2D eigenvalue weighted by Crippen LogP contribution is 2.72. The average Bonchev–Trinajstić information content (AvgIpc) is 2.76. The molecule has 0 radical (unpaired) electrons. The lowest BCUT2D eigenvalue weighted by atomic mass is 9.42. The second kappa shape index (κ2) is 5.18. The quantitative estimate of drug-likeness (QED) is 0.646. The Balaban J connectivity index is 2.10. The maximum Gasteiger partial charge on any atom is 0.320 e. The summed E-state index contributed by atoms with van der Waals surface area (Å²) >= 11 is 0. The number of ether oxygens (including phenoxy) is 1. The normalized spacial score (nSPS) is 34.7. The van der Waals surface area contributed by atoms with Crippen molar-refractivity contribution in [2.45, 2.75) is 25.4 Å². The smallest absolute Gasteiger partial charge is 0.320 e. The van der Waals surface area contributed by atoms with Crippen LogP contribution in [0.2, 0.25) is 0 Å². The zero-order valence-corrected chi connectivity index (χ0v) is 12.5. The maximum atomic E-state index is 12.5. The minimum atomic E-state index is -1.32. The Morgan fingerprint density at radius 2 is 2.09 bits per heavy atom. The Morgan fingerprint density at radius 3 is 2.68 bits per heavy atom. The summed E-state index contributed by atoms with van der Waals surface area (Å²) < 4.78 is 4.88. The van der Waals surface area contributed by atoms with E-state index in [1.807, 2.05) is 6.07 Å². The van der Waals surface area contributed by atoms with Crippen molar-refractivity contribution in [1.82, 2.24) is 0 Å². The molecule has 0 heterocycles. The van der Waals surface area contributed by atoms with Gasteiger partial charge in [-0.1, -0.05) is 30.3 Å². The first-order valence-corrected chi connectivity index (χ1v) is 7.50. The topological polar surface area (TPSA) is 83.8 Å². The van der Waals surface area contributed by atoms with Crippen molar-refractivity contribution in [3.05, 3.63) is 35.9 Å². The second-order valence-electron chi connectivity index (χ2n) is 6.26. The fourth-order valence-electron chi connectivity index (χ4n) is 4.60. The van der Waals surface area contributed by atoms with Gasteiger partial charge in [0.1, 0.15) is 5.41 Å². The highest BCUT2D eigenvalue weighted by molar-refractivity contribution is 6.08. The third-order valence-electron chi connectivity index (χ3n) is 5.67. The number of esters is 1. The molecule has 5 heteroatoms. The van der Waals surface area contributed by atoms with Crippen molar-refractivity contribution in [1.29, 1.82) is 0 Å². The summed E-state index contributed by atoms with van der Waals surface area (Å²) in [5.41, 5.74) is -1.62. The Hall–Kier alpha value is -1.72. The Labute approximate surface area is 128 Å². The molecule has 22 heavy (non-hydrogen) atoms. The summed E-state index contributed by atoms with van der Waals surface area (Å²) in [5, 5.41) is 20.6. The van der Waals surface area contributed by atoms with Gasteiger partial charge >= 0.3 is 5.97 Å². The SMILES string of the molecule is COC(=O)[C@@]12C[C@@H](CO)[C@]1([C@H](O)c1ccccc1)CCC2=O. The van der Waals surface area contributed by atoms with Crippen LogP contribution in [-0.2, 0) is 14.3 Å². The minimum Gasteiger partial charge on any atom is -0.468 e. The van der Waals surface area contributed by atoms with Gasteiger partial charge in [0.2, 0.25) is 0 Å². The van der Waals surface area contributed by atoms with Gasteiger partial charge in [-0.25, -0.2) is 0 Å². The molecule has 2 N–H and O–H groups in total. The maximum absolute atomic E-state index is 12.5. The lowest BCUT2D eigenvalue weighted by Crippen LogP contribution is -2.65. The van der Waals surface area contributed by atoms with Gasteiger partial charge in [-0.05, 0) is 24.3 Å². The number of methoxy groups -OCH3 is 1. The van der Waals surface area contributed by atoms with Gasteiger partial charge in [0.05, 0.1) is 13.2 Å². The number of carbonyl (C=O) groups is 2. The predicted molar refractivity (Wildman–Crippen MR) is 77.7 cm³/mol. The van der Waals surface area contributed by atoms with Crippen molar-refractivity contribution >= 4 is 11.8 Å². The zero-order chi connectivity index (χ0) is 16.0. The van der Waals surface area contributed by atoms with Crippen LogP contribution in [0.15, 0.2) is 30.3 Å². The molecule has 2 fully saturated rings. The number of Topliss-reactive ketones (excluding diaryl/α,β-unsaturated/α-hetero) is 1. The molecular weight excluding hydrogens is 284 g/mol. The van der Waals surface area contributed by atoms with Crippen LogP contribution < -0.4 is 0 Å². The molecule has 1 aromatic carbocycles. The van der Waals surface area contributed by atoms with E-state index in [0.717, 1.165) is 0 Å². The van der Waals surface area contributed by atoms with Crippen molar-refractivity contribution in [3.8, 4) is 0 Å². The number of aliphatic hydroxyl groups excluding tert-OH is 2. The molecule has 0 amide bonds. The molecule has 1 aromatic rings. The monoisotopic (exact) mass is 304 g/mol. The molecule has 118 valence electrons. The van der Waals surface area contributed by atoms with Crippen LogP contribution in [0.4, 0.5) is 0 Å². The first-order valence-electron chi connectivity index (χ1n) is 7.50. The van der Waals surface area contributed by atoms with E-state index in [-0.39, 0.29) is 31.1 Å². The fourth-order valence-corrected chi connectivity index (χ4v) is 4.60. The zero-order valence-electron chi connectivity index (χ0n) is 12.5. The molecule has 2 aliphatic carbocycles. The van der Waals surface area contributed by atoms with E-state index in [1.165, 1.54) is 7.11 Å². The molecule has 0 saturated heterocycles. The molecule has 3 rings (SSSR count). The number of rotatable bonds is 4. The molecule has 0 spiro atoms. The van der Waals surface area contributed by atoms with Crippen LogP contribution in [0.1, 0.15) is 30.9 Å². The second-order valence-corrected chi connectivity index (χ2v) is 6.26. The summed E-state index contributed by atoms with van der Waals surface area (Å²) in [7, 11) is 1.26. The molecule has 4 atom stereocenters. The summed E-state index contributed by atoms with van der Waals surface area (Å²) in [5.74, 6) is -1.05. The molecule has 0 bridgehead atoms. The highest BCUT2D eigenvalue weighted by Gasteiger charge is 2.78. The number of carbonyl (C=O) groups excluding carboxylic acids is 2. The number of benzene rings is 1. The molecule has 2 aliphatic rings. The minimum absolute atomic E-state index is 0.157. The largest absolute Gasteiger partial charge is 0.468 e. The molecule has 0 aromatic heterocycles. The summed E-state index contributed by atoms with van der Waals surface area (Å²) in [6, 6.07) is 9.00. The fraction of sp³-hybridized carbons (Fsp3) is 0.529. The van der Waals surface area contributed by atoms with Crippen LogP contribution in [0.3, 0.4) is 0 Å². The summed E-state index contributed by atoms with van der Waals surface area (Å²) in [6.07, 6.45) is -0.110. The standard InChI is InChI=1S/C17H20O5/c1-22-15(21)17-9-12(10-18)16(17,8-7-13(17)19)14(20)11-5-3-2-4-6-11/h2-6,12,14,18,20H,7-10H2,1H3/t12-,14+,16-,17-/m0/s1. The van der Waals surface area contributed by atoms with Crippen LogP contribution in [0.25, 0.3) is 0 Å². The first kappa shape index (κ1) is 15.2. The van der Waals surface area contributed by atoms with Crippen molar-refractivity contribution < 1.29 is 24.5 Å². The van der Waals surface area contributed by atoms with Gasteiger partial charge in [-0.3, -0.25) is 9.59 Å². The van der Waals surface area contributed by atoms with E-state index in [9.17, 15) is 19.8 Å². The summed E-state index contributed by atoms with van der Waals surface area (Å²) in [4.78, 5) is 24.8. The van der Waals surface area contributed by atoms with Crippen LogP contribution in [-0.4, -0.2) is 35.7 Å². The lowest BCUT2D eigenvalue weighted by Gasteiger charge is -2.59. The number of hydrogen-bond acceptors (Lipinski definition) is 5. The van der Waals surface area contributed by atoms with Crippen LogP contribution >= 0.6 is 0 Å². The Morgan fingerprint density at radius 1 is 1.41 bits per heavy atom. The number of ketones is 1. The van der Waals surface area contributed by atoms with Crippen molar-refractivity contribution in [2.75, 3.05) is 13.7 Å². The third-order valence-corrected chi connectivity index (χ3v) is 5.67. The van der Waals surface area contributed by atoms with Crippen molar-refractivity contribution in [2.24, 2.45) is 16.7 Å². The van der Waals surface area contributed by atoms with E-state index in [0.29, 0.717) is 12.0 Å². The predicted octanol–water partition coefficient (Wildman–Crippen LogP) is 1.24. The summed E-state index contributed by atoms with van der Waals surface area (Å²) in [6.45, 7) is -0.157. The molecule has 2 saturated carbocycles.